The predicted octanol–water partition coefficient (Wildman–Crippen LogP) is 3.62. The van der Waals surface area contributed by atoms with E-state index < -0.39 is 0 Å². The quantitative estimate of drug-likeness (QED) is 0.899. The molecule has 1 N–H and O–H groups in total. The Morgan fingerprint density at radius 1 is 1.25 bits per heavy atom. The summed E-state index contributed by atoms with van der Waals surface area (Å²) in [5.74, 6) is 2.25. The topological polar surface area (TPSA) is 34.1 Å². The van der Waals surface area contributed by atoms with Gasteiger partial charge in [0.1, 0.15) is 0 Å². The molecule has 0 fully saturated rings. The van der Waals surface area contributed by atoms with Crippen LogP contribution in [-0.4, -0.2) is 17.6 Å². The Balaban J connectivity index is 1.65. The summed E-state index contributed by atoms with van der Waals surface area (Å²) >= 11 is 0. The molecule has 1 aliphatic carbocycles. The smallest absolute Gasteiger partial charge is 0.168 e. The first kappa shape index (κ1) is 13.0. The summed E-state index contributed by atoms with van der Waals surface area (Å²) in [6.45, 7) is 4.96. The summed E-state index contributed by atoms with van der Waals surface area (Å²) in [6.07, 6.45) is 3.10. The molecule has 1 aliphatic rings. The number of ether oxygens (including phenoxy) is 1. The lowest BCUT2D eigenvalue weighted by atomic mass is 9.77. The van der Waals surface area contributed by atoms with Gasteiger partial charge < -0.3 is 10.1 Å². The molecule has 0 amide bonds. The number of benzene rings is 1. The fourth-order valence-electron chi connectivity index (χ4n) is 2.64. The summed E-state index contributed by atoms with van der Waals surface area (Å²) < 4.78 is 5.77. The lowest BCUT2D eigenvalue weighted by Gasteiger charge is -2.30. The molecule has 3 rings (SSSR count). The van der Waals surface area contributed by atoms with Gasteiger partial charge in [0, 0.05) is 18.7 Å². The molecule has 1 atom stereocenters. The van der Waals surface area contributed by atoms with Crippen LogP contribution in [0.3, 0.4) is 0 Å². The average Bonchev–Trinajstić information content (AvgIpc) is 2.41. The number of anilines is 1. The highest BCUT2D eigenvalue weighted by atomic mass is 16.5. The van der Waals surface area contributed by atoms with Crippen molar-refractivity contribution in [2.24, 2.45) is 0 Å². The maximum atomic E-state index is 5.77. The van der Waals surface area contributed by atoms with Crippen LogP contribution in [0.5, 0.6) is 5.75 Å². The van der Waals surface area contributed by atoms with Crippen molar-refractivity contribution in [2.75, 3.05) is 11.9 Å². The van der Waals surface area contributed by atoms with Crippen LogP contribution in [0.25, 0.3) is 0 Å². The van der Waals surface area contributed by atoms with Crippen molar-refractivity contribution >= 4 is 5.82 Å². The van der Waals surface area contributed by atoms with E-state index in [2.05, 4.69) is 34.6 Å². The van der Waals surface area contributed by atoms with E-state index in [-0.39, 0.29) is 6.10 Å². The van der Waals surface area contributed by atoms with Crippen molar-refractivity contribution in [3.8, 4) is 5.75 Å². The summed E-state index contributed by atoms with van der Waals surface area (Å²) in [5, 5.41) is 3.43. The third-order valence-electron chi connectivity index (χ3n) is 3.61. The van der Waals surface area contributed by atoms with Crippen LogP contribution in [0.2, 0.25) is 0 Å². The summed E-state index contributed by atoms with van der Waals surface area (Å²) in [5.41, 5.74) is 2.93. The molecule has 1 heterocycles. The van der Waals surface area contributed by atoms with Crippen LogP contribution in [-0.2, 0) is 6.42 Å². The Labute approximate surface area is 120 Å². The molecule has 104 valence electrons. The number of fused-ring (bicyclic) bond motifs is 1. The first-order chi connectivity index (χ1) is 9.74. The zero-order valence-electron chi connectivity index (χ0n) is 12.0. The molecule has 0 aliphatic heterocycles. The molecule has 0 saturated heterocycles. The zero-order chi connectivity index (χ0) is 13.9. The van der Waals surface area contributed by atoms with E-state index in [4.69, 9.17) is 4.74 Å². The van der Waals surface area contributed by atoms with Crippen molar-refractivity contribution < 1.29 is 4.74 Å². The van der Waals surface area contributed by atoms with E-state index in [0.717, 1.165) is 24.5 Å². The summed E-state index contributed by atoms with van der Waals surface area (Å²) in [7, 11) is 0. The van der Waals surface area contributed by atoms with Gasteiger partial charge in [-0.25, -0.2) is 4.98 Å². The van der Waals surface area contributed by atoms with Gasteiger partial charge in [-0.2, -0.15) is 0 Å². The van der Waals surface area contributed by atoms with Gasteiger partial charge in [0.15, 0.2) is 11.6 Å². The Bertz CT molecular complexity index is 595. The van der Waals surface area contributed by atoms with E-state index in [0.29, 0.717) is 5.92 Å². The van der Waals surface area contributed by atoms with Crippen molar-refractivity contribution in [2.45, 2.75) is 32.3 Å². The number of hydrogen-bond donors (Lipinski definition) is 1. The maximum absolute atomic E-state index is 5.77. The molecule has 0 spiro atoms. The van der Waals surface area contributed by atoms with Gasteiger partial charge in [-0.3, -0.25) is 0 Å². The fourth-order valence-corrected chi connectivity index (χ4v) is 2.64. The van der Waals surface area contributed by atoms with Crippen molar-refractivity contribution in [3.05, 3.63) is 53.7 Å². The molecule has 3 heteroatoms. The van der Waals surface area contributed by atoms with Gasteiger partial charge in [-0.15, -0.1) is 0 Å². The largest absolute Gasteiger partial charge is 0.487 e. The Morgan fingerprint density at radius 2 is 2.10 bits per heavy atom. The number of pyridine rings is 1. The molecule has 3 nitrogen and oxygen atoms in total. The van der Waals surface area contributed by atoms with Gasteiger partial charge in [0.2, 0.25) is 0 Å². The van der Waals surface area contributed by atoms with Gasteiger partial charge in [-0.05, 0) is 43.5 Å². The van der Waals surface area contributed by atoms with Crippen LogP contribution >= 0.6 is 0 Å². The van der Waals surface area contributed by atoms with Gasteiger partial charge >= 0.3 is 0 Å². The Morgan fingerprint density at radius 3 is 2.90 bits per heavy atom. The molecule has 2 aromatic rings. The van der Waals surface area contributed by atoms with Gasteiger partial charge in [-0.1, -0.05) is 24.3 Å². The van der Waals surface area contributed by atoms with Crippen LogP contribution in [0.15, 0.2) is 42.6 Å². The minimum absolute atomic E-state index is 0.157. The van der Waals surface area contributed by atoms with E-state index in [1.807, 2.05) is 26.0 Å². The zero-order valence-corrected chi connectivity index (χ0v) is 12.0. The molecule has 1 aromatic heterocycles. The SMILES string of the molecule is CC(C)Oc1cccnc1NCC1Cc2ccccc21. The highest BCUT2D eigenvalue weighted by Gasteiger charge is 2.25. The molecule has 0 radical (unpaired) electrons. The number of aromatic nitrogens is 1. The minimum atomic E-state index is 0.157. The molecular weight excluding hydrogens is 248 g/mol. The summed E-state index contributed by atoms with van der Waals surface area (Å²) in [6, 6.07) is 12.5. The van der Waals surface area contributed by atoms with Crippen molar-refractivity contribution in [3.63, 3.8) is 0 Å². The lowest BCUT2D eigenvalue weighted by molar-refractivity contribution is 0.243. The highest BCUT2D eigenvalue weighted by Crippen LogP contribution is 2.35. The second kappa shape index (κ2) is 5.53. The van der Waals surface area contributed by atoms with E-state index >= 15 is 0 Å². The van der Waals surface area contributed by atoms with E-state index in [1.54, 1.807) is 6.20 Å². The van der Waals surface area contributed by atoms with Crippen LogP contribution < -0.4 is 10.1 Å². The predicted molar refractivity (Wildman–Crippen MR) is 81.4 cm³/mol. The standard InChI is InChI=1S/C17H20N2O/c1-12(2)20-16-8-5-9-18-17(16)19-11-14-10-13-6-3-4-7-15(13)14/h3-9,12,14H,10-11H2,1-2H3,(H,18,19). The first-order valence-corrected chi connectivity index (χ1v) is 7.17. The Kier molecular flexibility index (Phi) is 3.59. The third kappa shape index (κ3) is 2.62. The maximum Gasteiger partial charge on any atom is 0.168 e. The minimum Gasteiger partial charge on any atom is -0.487 e. The molecule has 1 unspecified atom stereocenters. The van der Waals surface area contributed by atoms with Crippen molar-refractivity contribution in [1.82, 2.24) is 4.98 Å². The van der Waals surface area contributed by atoms with Gasteiger partial charge in [0.05, 0.1) is 6.10 Å². The molecule has 0 bridgehead atoms. The molecule has 0 saturated carbocycles. The number of nitrogens with zero attached hydrogens (tertiary/aromatic N) is 1. The number of rotatable bonds is 5. The second-order valence-corrected chi connectivity index (χ2v) is 5.50. The highest BCUT2D eigenvalue weighted by molar-refractivity contribution is 5.51. The van der Waals surface area contributed by atoms with Gasteiger partial charge in [0.25, 0.3) is 0 Å². The van der Waals surface area contributed by atoms with Crippen LogP contribution in [0.1, 0.15) is 30.9 Å². The van der Waals surface area contributed by atoms with Crippen molar-refractivity contribution in [1.29, 1.82) is 0 Å². The first-order valence-electron chi connectivity index (χ1n) is 7.17. The summed E-state index contributed by atoms with van der Waals surface area (Å²) in [4.78, 5) is 4.38. The van der Waals surface area contributed by atoms with Crippen LogP contribution in [0, 0.1) is 0 Å². The molecular formula is C17H20N2O. The monoisotopic (exact) mass is 268 g/mol. The van der Waals surface area contributed by atoms with E-state index in [9.17, 15) is 0 Å². The normalized spacial score (nSPS) is 16.4. The van der Waals surface area contributed by atoms with Crippen LogP contribution in [0.4, 0.5) is 5.82 Å². The molecule has 20 heavy (non-hydrogen) atoms. The average molecular weight is 268 g/mol. The lowest BCUT2D eigenvalue weighted by Crippen LogP contribution is -2.24. The second-order valence-electron chi connectivity index (χ2n) is 5.50. The molecule has 1 aromatic carbocycles. The van der Waals surface area contributed by atoms with E-state index in [1.165, 1.54) is 11.1 Å². The fraction of sp³-hybridized carbons (Fsp3) is 0.353. The number of hydrogen-bond acceptors (Lipinski definition) is 3. The Hall–Kier alpha value is -2.03. The third-order valence-corrected chi connectivity index (χ3v) is 3.61. The number of nitrogens with one attached hydrogen (secondary N) is 1.